The van der Waals surface area contributed by atoms with E-state index in [4.69, 9.17) is 17.3 Å². The van der Waals surface area contributed by atoms with Gasteiger partial charge in [-0.25, -0.2) is 23.1 Å². The van der Waals surface area contributed by atoms with Crippen molar-refractivity contribution in [2.24, 2.45) is 11.7 Å². The number of aromatic nitrogens is 5. The van der Waals surface area contributed by atoms with E-state index < -0.39 is 29.3 Å². The van der Waals surface area contributed by atoms with E-state index in [0.717, 1.165) is 55.3 Å². The van der Waals surface area contributed by atoms with Gasteiger partial charge in [-0.15, -0.1) is 0 Å². The zero-order valence-electron chi connectivity index (χ0n) is 21.5. The number of nitrogens with zero attached hydrogens (tertiary/aromatic N) is 6. The van der Waals surface area contributed by atoms with E-state index >= 15 is 0 Å². The van der Waals surface area contributed by atoms with E-state index in [9.17, 15) is 22.8 Å². The van der Waals surface area contributed by atoms with Crippen LogP contribution in [0.15, 0.2) is 55.2 Å². The Labute approximate surface area is 237 Å². The van der Waals surface area contributed by atoms with Crippen molar-refractivity contribution < 1.29 is 22.8 Å². The van der Waals surface area contributed by atoms with Gasteiger partial charge >= 0.3 is 0 Å². The molecule has 1 fully saturated rings. The van der Waals surface area contributed by atoms with Crippen molar-refractivity contribution in [3.8, 4) is 11.3 Å². The molecule has 3 N–H and O–H groups in total. The highest BCUT2D eigenvalue weighted by Crippen LogP contribution is 2.35. The molecule has 0 spiro atoms. The van der Waals surface area contributed by atoms with Crippen molar-refractivity contribution in [1.29, 1.82) is 0 Å². The molecule has 1 aliphatic heterocycles. The monoisotopic (exact) mass is 584 g/mol. The summed E-state index contributed by atoms with van der Waals surface area (Å²) in [5.74, 6) is -1.50. The predicted molar refractivity (Wildman–Crippen MR) is 145 cm³/mol. The largest absolute Gasteiger partial charge is 0.369 e. The standard InChI is InChI=1S/C27H24ClF3N8O2/c28-19-5-4-18(25(30)31)23(24(19)29)20-10-33-11-21(37-20)27(41)36-17-9-35-39(14-17)12-15-3-6-22(34-8-15)38-7-1-2-16(13-38)26(32)40/h3-6,8-11,14,16,25H,1-2,7,12-13H2,(H2,32,40)(H,36,41). The molecule has 1 atom stereocenters. The fourth-order valence-electron chi connectivity index (χ4n) is 4.62. The van der Waals surface area contributed by atoms with Gasteiger partial charge in [0.25, 0.3) is 12.3 Å². The molecule has 0 bridgehead atoms. The Bertz CT molecular complexity index is 1580. The lowest BCUT2D eigenvalue weighted by Crippen LogP contribution is -2.41. The summed E-state index contributed by atoms with van der Waals surface area (Å²) in [7, 11) is 0. The number of nitrogens with two attached hydrogens (primary N) is 1. The van der Waals surface area contributed by atoms with Gasteiger partial charge < -0.3 is 16.0 Å². The smallest absolute Gasteiger partial charge is 0.275 e. The molecular weight excluding hydrogens is 561 g/mol. The first-order valence-electron chi connectivity index (χ1n) is 12.6. The number of anilines is 2. The number of benzene rings is 1. The fourth-order valence-corrected chi connectivity index (χ4v) is 4.77. The quantitative estimate of drug-likeness (QED) is 0.312. The van der Waals surface area contributed by atoms with Crippen molar-refractivity contribution in [2.45, 2.75) is 25.8 Å². The number of alkyl halides is 2. The van der Waals surface area contributed by atoms with Crippen molar-refractivity contribution in [3.05, 3.63) is 82.9 Å². The molecule has 1 saturated heterocycles. The number of rotatable bonds is 8. The average molecular weight is 585 g/mol. The number of carbonyl (C=O) groups is 2. The fraction of sp³-hybridized carbons (Fsp3) is 0.259. The molecule has 41 heavy (non-hydrogen) atoms. The van der Waals surface area contributed by atoms with Gasteiger partial charge in [-0.05, 0) is 30.5 Å². The highest BCUT2D eigenvalue weighted by atomic mass is 35.5. The highest BCUT2D eigenvalue weighted by molar-refractivity contribution is 6.31. The van der Waals surface area contributed by atoms with Crippen LogP contribution < -0.4 is 16.0 Å². The van der Waals surface area contributed by atoms with Crippen LogP contribution >= 0.6 is 11.6 Å². The molecule has 0 radical (unpaired) electrons. The van der Waals surface area contributed by atoms with Crippen molar-refractivity contribution in [1.82, 2.24) is 24.7 Å². The summed E-state index contributed by atoms with van der Waals surface area (Å²) in [6.45, 7) is 1.71. The molecule has 10 nitrogen and oxygen atoms in total. The number of pyridine rings is 1. The second-order valence-electron chi connectivity index (χ2n) is 9.51. The Hall–Kier alpha value is -4.52. The first-order valence-corrected chi connectivity index (χ1v) is 13.0. The van der Waals surface area contributed by atoms with Gasteiger partial charge in [-0.3, -0.25) is 19.3 Å². The van der Waals surface area contributed by atoms with Gasteiger partial charge in [-0.1, -0.05) is 23.7 Å². The number of piperidine rings is 1. The summed E-state index contributed by atoms with van der Waals surface area (Å²) in [5.41, 5.74) is 5.06. The minimum Gasteiger partial charge on any atom is -0.369 e. The SMILES string of the molecule is NC(=O)C1CCCN(c2ccc(Cn3cc(NC(=O)c4cncc(-c5c(C(F)F)ccc(Cl)c5F)n4)cn3)cn2)C1. The van der Waals surface area contributed by atoms with Gasteiger partial charge in [0.1, 0.15) is 11.5 Å². The molecule has 1 aliphatic rings. The second kappa shape index (κ2) is 11.9. The lowest BCUT2D eigenvalue weighted by Gasteiger charge is -2.32. The third-order valence-electron chi connectivity index (χ3n) is 6.68. The summed E-state index contributed by atoms with van der Waals surface area (Å²) in [5, 5.41) is 6.51. The molecule has 1 unspecified atom stereocenters. The number of nitrogens with one attached hydrogen (secondary N) is 1. The van der Waals surface area contributed by atoms with Gasteiger partial charge in [0.2, 0.25) is 5.91 Å². The van der Waals surface area contributed by atoms with E-state index in [1.54, 1.807) is 17.1 Å². The molecule has 4 aromatic rings. The van der Waals surface area contributed by atoms with Crippen LogP contribution in [0.2, 0.25) is 5.02 Å². The number of carbonyl (C=O) groups excluding carboxylic acids is 2. The molecule has 0 saturated carbocycles. The number of primary amides is 1. The Morgan fingerprint density at radius 2 is 1.98 bits per heavy atom. The van der Waals surface area contributed by atoms with Gasteiger partial charge in [-0.2, -0.15) is 5.10 Å². The normalized spacial score (nSPS) is 15.2. The minimum absolute atomic E-state index is 0.190. The molecule has 0 aliphatic carbocycles. The van der Waals surface area contributed by atoms with Crippen LogP contribution in [0.3, 0.4) is 0 Å². The van der Waals surface area contributed by atoms with Crippen molar-refractivity contribution in [3.63, 3.8) is 0 Å². The van der Waals surface area contributed by atoms with Crippen LogP contribution in [0.25, 0.3) is 11.3 Å². The number of halogens is 4. The maximum Gasteiger partial charge on any atom is 0.275 e. The van der Waals surface area contributed by atoms with Gasteiger partial charge in [0, 0.05) is 36.6 Å². The molecular formula is C27H24ClF3N8O2. The van der Waals surface area contributed by atoms with Crippen LogP contribution in [0.5, 0.6) is 0 Å². The number of hydrogen-bond donors (Lipinski definition) is 2. The molecule has 1 aromatic carbocycles. The molecule has 5 rings (SSSR count). The van der Waals surface area contributed by atoms with E-state index in [1.807, 2.05) is 17.0 Å². The van der Waals surface area contributed by atoms with Crippen LogP contribution in [0.4, 0.5) is 24.7 Å². The predicted octanol–water partition coefficient (Wildman–Crippen LogP) is 4.47. The van der Waals surface area contributed by atoms with Gasteiger partial charge in [0.05, 0.1) is 47.5 Å². The Morgan fingerprint density at radius 3 is 2.71 bits per heavy atom. The van der Waals surface area contributed by atoms with Crippen LogP contribution in [-0.2, 0) is 11.3 Å². The summed E-state index contributed by atoms with van der Waals surface area (Å²) in [6.07, 6.45) is 5.60. The average Bonchev–Trinajstić information content (AvgIpc) is 3.41. The number of amides is 2. The van der Waals surface area contributed by atoms with E-state index in [-0.39, 0.29) is 28.2 Å². The lowest BCUT2D eigenvalue weighted by atomic mass is 9.97. The van der Waals surface area contributed by atoms with E-state index in [0.29, 0.717) is 18.8 Å². The molecule has 4 heterocycles. The van der Waals surface area contributed by atoms with E-state index in [1.165, 1.54) is 6.20 Å². The van der Waals surface area contributed by atoms with Crippen LogP contribution in [-0.4, -0.2) is 49.6 Å². The summed E-state index contributed by atoms with van der Waals surface area (Å²) < 4.78 is 43.3. The lowest BCUT2D eigenvalue weighted by molar-refractivity contribution is -0.122. The Balaban J connectivity index is 1.25. The summed E-state index contributed by atoms with van der Waals surface area (Å²) >= 11 is 5.79. The first-order chi connectivity index (χ1) is 19.7. The summed E-state index contributed by atoms with van der Waals surface area (Å²) in [4.78, 5) is 38.9. The number of hydrogen-bond acceptors (Lipinski definition) is 7. The van der Waals surface area contributed by atoms with Gasteiger partial charge in [0.15, 0.2) is 5.82 Å². The Morgan fingerprint density at radius 1 is 1.15 bits per heavy atom. The topological polar surface area (TPSA) is 132 Å². The molecule has 212 valence electrons. The molecule has 2 amide bonds. The highest BCUT2D eigenvalue weighted by Gasteiger charge is 2.25. The summed E-state index contributed by atoms with van der Waals surface area (Å²) in [6, 6.07) is 5.81. The maximum atomic E-state index is 14.7. The third kappa shape index (κ3) is 6.30. The second-order valence-corrected chi connectivity index (χ2v) is 9.92. The maximum absolute atomic E-state index is 14.7. The van der Waals surface area contributed by atoms with Crippen LogP contribution in [0.1, 0.15) is 40.9 Å². The molecule has 3 aromatic heterocycles. The minimum atomic E-state index is -2.99. The van der Waals surface area contributed by atoms with Crippen molar-refractivity contribution >= 4 is 34.9 Å². The zero-order chi connectivity index (χ0) is 29.1. The molecule has 14 heteroatoms. The Kier molecular flexibility index (Phi) is 8.15. The first kappa shape index (κ1) is 28.0. The zero-order valence-corrected chi connectivity index (χ0v) is 22.2. The van der Waals surface area contributed by atoms with Crippen LogP contribution in [0, 0.1) is 11.7 Å². The van der Waals surface area contributed by atoms with Crippen molar-refractivity contribution in [2.75, 3.05) is 23.3 Å². The third-order valence-corrected chi connectivity index (χ3v) is 6.97. The van der Waals surface area contributed by atoms with E-state index in [2.05, 4.69) is 25.4 Å².